The molecule has 7 nitrogen and oxygen atoms in total. The van der Waals surface area contributed by atoms with Crippen molar-refractivity contribution in [2.75, 3.05) is 32.8 Å². The molecule has 0 unspecified atom stereocenters. The first kappa shape index (κ1) is 23.4. The van der Waals surface area contributed by atoms with E-state index in [1.807, 2.05) is 42.5 Å². The molecule has 0 saturated carbocycles. The molecule has 3 rings (SSSR count). The van der Waals surface area contributed by atoms with Crippen LogP contribution in [-0.4, -0.2) is 39.7 Å². The monoisotopic (exact) mass is 440 g/mol. The van der Waals surface area contributed by atoms with E-state index in [1.165, 1.54) is 0 Å². The highest BCUT2D eigenvalue weighted by molar-refractivity contribution is 5.97. The molecule has 1 N–H and O–H groups in total. The maximum Gasteiger partial charge on any atom is 0.227 e. The van der Waals surface area contributed by atoms with Crippen LogP contribution in [-0.2, 0) is 9.59 Å². The summed E-state index contributed by atoms with van der Waals surface area (Å²) in [7, 11) is 4.75. The largest absolute Gasteiger partial charge is 0.497 e. The fourth-order valence-corrected chi connectivity index (χ4v) is 4.15. The second kappa shape index (κ2) is 10.9. The van der Waals surface area contributed by atoms with Gasteiger partial charge in [0.2, 0.25) is 11.8 Å². The Morgan fingerprint density at radius 1 is 1.03 bits per heavy atom. The molecule has 1 fully saturated rings. The van der Waals surface area contributed by atoms with Crippen LogP contribution in [0.3, 0.4) is 0 Å². The number of unbranched alkanes of at least 4 members (excludes halogenated alkanes) is 1. The van der Waals surface area contributed by atoms with Gasteiger partial charge in [0, 0.05) is 18.7 Å². The Morgan fingerprint density at radius 3 is 2.38 bits per heavy atom. The third-order valence-electron chi connectivity index (χ3n) is 5.86. The molecule has 1 saturated heterocycles. The van der Waals surface area contributed by atoms with Crippen molar-refractivity contribution in [2.24, 2.45) is 5.92 Å². The molecule has 2 aromatic carbocycles. The van der Waals surface area contributed by atoms with Crippen LogP contribution in [0.15, 0.2) is 42.5 Å². The summed E-state index contributed by atoms with van der Waals surface area (Å²) in [6, 6.07) is 12.4. The Hall–Kier alpha value is -3.22. The molecule has 2 atom stereocenters. The van der Waals surface area contributed by atoms with E-state index in [4.69, 9.17) is 14.2 Å². The van der Waals surface area contributed by atoms with E-state index in [-0.39, 0.29) is 17.7 Å². The van der Waals surface area contributed by atoms with Crippen LogP contribution in [0.1, 0.15) is 44.2 Å². The molecule has 172 valence electrons. The van der Waals surface area contributed by atoms with Gasteiger partial charge in [-0.15, -0.1) is 0 Å². The van der Waals surface area contributed by atoms with Crippen LogP contribution in [0.5, 0.6) is 17.2 Å². The van der Waals surface area contributed by atoms with Crippen molar-refractivity contribution < 1.29 is 23.8 Å². The lowest BCUT2D eigenvalue weighted by Crippen LogP contribution is -2.48. The lowest BCUT2D eigenvalue weighted by molar-refractivity contribution is -0.129. The summed E-state index contributed by atoms with van der Waals surface area (Å²) in [5.41, 5.74) is 1.55. The van der Waals surface area contributed by atoms with Crippen LogP contribution in [0.2, 0.25) is 0 Å². The summed E-state index contributed by atoms with van der Waals surface area (Å²) in [6.45, 7) is 2.71. The van der Waals surface area contributed by atoms with E-state index in [9.17, 15) is 9.59 Å². The van der Waals surface area contributed by atoms with Gasteiger partial charge in [-0.25, -0.2) is 0 Å². The molecule has 32 heavy (non-hydrogen) atoms. The minimum Gasteiger partial charge on any atom is -0.497 e. The Kier molecular flexibility index (Phi) is 7.98. The quantitative estimate of drug-likeness (QED) is 0.594. The van der Waals surface area contributed by atoms with Crippen LogP contribution in [0.4, 0.5) is 5.69 Å². The number of nitrogens with zero attached hydrogens (tertiary/aromatic N) is 1. The smallest absolute Gasteiger partial charge is 0.227 e. The Morgan fingerprint density at radius 2 is 1.75 bits per heavy atom. The number of ether oxygens (including phenoxy) is 3. The predicted molar refractivity (Wildman–Crippen MR) is 123 cm³/mol. The van der Waals surface area contributed by atoms with Crippen molar-refractivity contribution in [2.45, 2.75) is 38.6 Å². The van der Waals surface area contributed by atoms with Crippen molar-refractivity contribution in [3.63, 3.8) is 0 Å². The molecular formula is C25H32N2O5. The summed E-state index contributed by atoms with van der Waals surface area (Å²) < 4.78 is 16.1. The summed E-state index contributed by atoms with van der Waals surface area (Å²) >= 11 is 0. The molecule has 1 aliphatic heterocycles. The number of nitrogens with one attached hydrogen (secondary N) is 1. The number of carbonyl (C=O) groups excluding carboxylic acids is 2. The number of rotatable bonds is 9. The van der Waals surface area contributed by atoms with Gasteiger partial charge in [-0.2, -0.15) is 0 Å². The minimum absolute atomic E-state index is 0.0208. The lowest BCUT2D eigenvalue weighted by Gasteiger charge is -2.41. The van der Waals surface area contributed by atoms with E-state index < -0.39 is 6.04 Å². The standard InChI is InChI=1S/C25H32N2O5/c1-5-6-15-26-25(29)20-12-14-23(28)27(18-8-10-19(30-2)11-9-18)24(20)17-7-13-21(31-3)22(16-17)32-4/h7-11,13,16,20,24H,5-6,12,14-15H2,1-4H3,(H,26,29)/t20-,24-/m1/s1. The number of amides is 2. The Bertz CT molecular complexity index is 928. The zero-order valence-electron chi connectivity index (χ0n) is 19.2. The molecule has 2 aromatic rings. The fourth-order valence-electron chi connectivity index (χ4n) is 4.15. The third kappa shape index (κ3) is 4.98. The molecule has 2 amide bonds. The van der Waals surface area contributed by atoms with Crippen LogP contribution >= 0.6 is 0 Å². The number of hydrogen-bond acceptors (Lipinski definition) is 5. The van der Waals surface area contributed by atoms with Crippen molar-refractivity contribution in [1.82, 2.24) is 5.32 Å². The zero-order chi connectivity index (χ0) is 23.1. The van der Waals surface area contributed by atoms with Gasteiger partial charge < -0.3 is 24.4 Å². The Balaban J connectivity index is 2.05. The van der Waals surface area contributed by atoms with Gasteiger partial charge in [0.1, 0.15) is 5.75 Å². The summed E-state index contributed by atoms with van der Waals surface area (Å²) in [5, 5.41) is 3.06. The van der Waals surface area contributed by atoms with Crippen LogP contribution in [0, 0.1) is 5.92 Å². The van der Waals surface area contributed by atoms with Crippen molar-refractivity contribution in [3.05, 3.63) is 48.0 Å². The topological polar surface area (TPSA) is 77.1 Å². The maximum atomic E-state index is 13.2. The van der Waals surface area contributed by atoms with Gasteiger partial charge in [0.15, 0.2) is 11.5 Å². The summed E-state index contributed by atoms with van der Waals surface area (Å²) in [6.07, 6.45) is 2.71. The number of anilines is 1. The third-order valence-corrected chi connectivity index (χ3v) is 5.86. The highest BCUT2D eigenvalue weighted by Gasteiger charge is 2.41. The average molecular weight is 441 g/mol. The predicted octanol–water partition coefficient (Wildman–Crippen LogP) is 4.11. The van der Waals surface area contributed by atoms with E-state index in [0.717, 1.165) is 24.1 Å². The van der Waals surface area contributed by atoms with Gasteiger partial charge >= 0.3 is 0 Å². The normalized spacial score (nSPS) is 18.2. The zero-order valence-corrected chi connectivity index (χ0v) is 19.2. The van der Waals surface area contributed by atoms with Crippen molar-refractivity contribution in [1.29, 1.82) is 0 Å². The highest BCUT2D eigenvalue weighted by Crippen LogP contribution is 2.42. The average Bonchev–Trinajstić information content (AvgIpc) is 2.83. The first-order valence-corrected chi connectivity index (χ1v) is 11.0. The molecule has 1 aliphatic rings. The highest BCUT2D eigenvalue weighted by atomic mass is 16.5. The molecular weight excluding hydrogens is 408 g/mol. The van der Waals surface area contributed by atoms with Crippen LogP contribution < -0.4 is 24.4 Å². The van der Waals surface area contributed by atoms with Crippen molar-refractivity contribution >= 4 is 17.5 Å². The second-order valence-corrected chi connectivity index (χ2v) is 7.81. The molecule has 0 radical (unpaired) electrons. The van der Waals surface area contributed by atoms with Crippen LogP contribution in [0.25, 0.3) is 0 Å². The van der Waals surface area contributed by atoms with E-state index in [1.54, 1.807) is 26.2 Å². The first-order valence-electron chi connectivity index (χ1n) is 11.0. The second-order valence-electron chi connectivity index (χ2n) is 7.81. The van der Waals surface area contributed by atoms with Gasteiger partial charge in [-0.05, 0) is 54.8 Å². The number of carbonyl (C=O) groups is 2. The van der Waals surface area contributed by atoms with Gasteiger partial charge in [-0.3, -0.25) is 9.59 Å². The molecule has 0 spiro atoms. The molecule has 0 bridgehead atoms. The summed E-state index contributed by atoms with van der Waals surface area (Å²) in [5.74, 6) is 1.41. The first-order chi connectivity index (χ1) is 15.5. The van der Waals surface area contributed by atoms with Crippen molar-refractivity contribution in [3.8, 4) is 17.2 Å². The van der Waals surface area contributed by atoms with Gasteiger partial charge in [0.05, 0.1) is 33.3 Å². The summed E-state index contributed by atoms with van der Waals surface area (Å²) in [4.78, 5) is 28.1. The lowest BCUT2D eigenvalue weighted by atomic mass is 9.83. The molecule has 7 heteroatoms. The van der Waals surface area contributed by atoms with E-state index in [0.29, 0.717) is 36.6 Å². The van der Waals surface area contributed by atoms with E-state index >= 15 is 0 Å². The SMILES string of the molecule is CCCCNC(=O)[C@@H]1CCC(=O)N(c2ccc(OC)cc2)[C@@H]1c1ccc(OC)c(OC)c1. The minimum atomic E-state index is -0.467. The Labute approximate surface area is 189 Å². The number of benzene rings is 2. The fraction of sp³-hybridized carbons (Fsp3) is 0.440. The number of methoxy groups -OCH3 is 3. The molecule has 1 heterocycles. The van der Waals surface area contributed by atoms with Gasteiger partial charge in [0.25, 0.3) is 0 Å². The van der Waals surface area contributed by atoms with E-state index in [2.05, 4.69) is 12.2 Å². The van der Waals surface area contributed by atoms with Gasteiger partial charge in [-0.1, -0.05) is 19.4 Å². The number of hydrogen-bond donors (Lipinski definition) is 1. The number of piperidine rings is 1. The maximum absolute atomic E-state index is 13.2. The molecule has 0 aliphatic carbocycles. The molecule has 0 aromatic heterocycles.